The summed E-state index contributed by atoms with van der Waals surface area (Å²) in [5.41, 5.74) is 6.07. The molecule has 0 heterocycles. The van der Waals surface area contributed by atoms with Crippen molar-refractivity contribution in [3.8, 4) is 5.75 Å². The van der Waals surface area contributed by atoms with Gasteiger partial charge >= 0.3 is 0 Å². The van der Waals surface area contributed by atoms with Gasteiger partial charge in [-0.3, -0.25) is 4.79 Å². The Morgan fingerprint density at radius 1 is 1.54 bits per heavy atom. The summed E-state index contributed by atoms with van der Waals surface area (Å²) in [5.74, 6) is -0.188. The first kappa shape index (κ1) is 9.50. The minimum absolute atomic E-state index is 0.326. The Labute approximate surface area is 74.5 Å². The first-order valence-corrected chi connectivity index (χ1v) is 3.53. The van der Waals surface area contributed by atoms with E-state index in [4.69, 9.17) is 11.0 Å². The third-order valence-electron chi connectivity index (χ3n) is 1.59. The molecule has 0 aliphatic rings. The van der Waals surface area contributed by atoms with Crippen LogP contribution in [0.25, 0.3) is 0 Å². The fourth-order valence-electron chi connectivity index (χ4n) is 0.936. The number of primary amides is 1. The van der Waals surface area contributed by atoms with Gasteiger partial charge < -0.3 is 10.6 Å². The van der Waals surface area contributed by atoms with E-state index >= 15 is 0 Å². The molecule has 1 aromatic rings. The summed E-state index contributed by atoms with van der Waals surface area (Å²) in [6.45, 7) is 1.70. The van der Waals surface area contributed by atoms with Crippen molar-refractivity contribution >= 4 is 5.91 Å². The van der Waals surface area contributed by atoms with Gasteiger partial charge in [0, 0.05) is 5.56 Å². The Morgan fingerprint density at radius 2 is 2.23 bits per heavy atom. The second kappa shape index (κ2) is 3.88. The quantitative estimate of drug-likeness (QED) is 0.538. The maximum atomic E-state index is 10.7. The summed E-state index contributed by atoms with van der Waals surface area (Å²) < 4.78 is 0. The highest BCUT2D eigenvalue weighted by Gasteiger charge is 2.05. The Balaban J connectivity index is 2.98. The molecule has 13 heavy (non-hydrogen) atoms. The number of benzene rings is 1. The van der Waals surface area contributed by atoms with Gasteiger partial charge in [0.1, 0.15) is 0 Å². The molecule has 0 bridgehead atoms. The molecule has 5 nitrogen and oxygen atoms in total. The summed E-state index contributed by atoms with van der Waals surface area (Å²) in [7, 11) is 0. The van der Waals surface area contributed by atoms with Gasteiger partial charge in [-0.1, -0.05) is 0 Å². The lowest BCUT2D eigenvalue weighted by atomic mass is 10.1. The second-order valence-corrected chi connectivity index (χ2v) is 2.50. The SMILES string of the molecule is Cc1cc(C(N)=O)ccc1OOO. The molecule has 0 unspecified atom stereocenters. The maximum absolute atomic E-state index is 10.7. The normalized spacial score (nSPS) is 9.69. The van der Waals surface area contributed by atoms with E-state index < -0.39 is 5.91 Å². The van der Waals surface area contributed by atoms with Gasteiger partial charge in [0.15, 0.2) is 5.75 Å². The lowest BCUT2D eigenvalue weighted by molar-refractivity contribution is -0.439. The van der Waals surface area contributed by atoms with Crippen LogP contribution >= 0.6 is 0 Å². The Morgan fingerprint density at radius 3 is 2.69 bits per heavy atom. The number of nitrogens with two attached hydrogens (primary N) is 1. The molecule has 0 spiro atoms. The third-order valence-corrected chi connectivity index (χ3v) is 1.59. The van der Waals surface area contributed by atoms with Crippen LogP contribution < -0.4 is 10.6 Å². The zero-order valence-electron chi connectivity index (χ0n) is 6.98. The number of rotatable bonds is 3. The van der Waals surface area contributed by atoms with E-state index in [0.717, 1.165) is 0 Å². The third kappa shape index (κ3) is 2.17. The molecule has 0 saturated carbocycles. The van der Waals surface area contributed by atoms with Crippen molar-refractivity contribution in [2.75, 3.05) is 0 Å². The highest BCUT2D eigenvalue weighted by Crippen LogP contribution is 2.18. The van der Waals surface area contributed by atoms with Crippen LogP contribution in [0.15, 0.2) is 18.2 Å². The number of hydrogen-bond donors (Lipinski definition) is 2. The lowest BCUT2D eigenvalue weighted by Crippen LogP contribution is -2.11. The van der Waals surface area contributed by atoms with Gasteiger partial charge in [-0.05, 0) is 35.7 Å². The molecule has 0 fully saturated rings. The Hall–Kier alpha value is -1.59. The highest BCUT2D eigenvalue weighted by atomic mass is 17.5. The fourth-order valence-corrected chi connectivity index (χ4v) is 0.936. The van der Waals surface area contributed by atoms with E-state index in [2.05, 4.69) is 9.93 Å². The van der Waals surface area contributed by atoms with Crippen LogP contribution in [0.5, 0.6) is 5.75 Å². The van der Waals surface area contributed by atoms with E-state index in [1.165, 1.54) is 18.2 Å². The van der Waals surface area contributed by atoms with Crippen molar-refractivity contribution in [2.45, 2.75) is 6.92 Å². The molecule has 0 radical (unpaired) electrons. The number of aryl methyl sites for hydroxylation is 1. The van der Waals surface area contributed by atoms with Crippen LogP contribution in [0.1, 0.15) is 15.9 Å². The topological polar surface area (TPSA) is 81.8 Å². The zero-order chi connectivity index (χ0) is 9.84. The van der Waals surface area contributed by atoms with Crippen molar-refractivity contribution in [2.24, 2.45) is 5.73 Å². The average molecular weight is 183 g/mol. The molecule has 0 aromatic heterocycles. The van der Waals surface area contributed by atoms with E-state index in [1.807, 2.05) is 0 Å². The maximum Gasteiger partial charge on any atom is 0.248 e. The van der Waals surface area contributed by atoms with Crippen molar-refractivity contribution < 1.29 is 20.0 Å². The van der Waals surface area contributed by atoms with E-state index in [0.29, 0.717) is 16.9 Å². The Kier molecular flexibility index (Phi) is 2.84. The minimum Gasteiger partial charge on any atom is -0.366 e. The van der Waals surface area contributed by atoms with E-state index in [-0.39, 0.29) is 0 Å². The summed E-state index contributed by atoms with van der Waals surface area (Å²) in [6, 6.07) is 4.49. The summed E-state index contributed by atoms with van der Waals surface area (Å²) in [4.78, 5) is 15.1. The standard InChI is InChI=1S/C8H9NO4/c1-5-4-6(8(9)10)2-3-7(5)12-13-11/h2-4,11H,1H3,(H2,9,10). The fraction of sp³-hybridized carbons (Fsp3) is 0.125. The second-order valence-electron chi connectivity index (χ2n) is 2.50. The van der Waals surface area contributed by atoms with Crippen LogP contribution in [0, 0.1) is 6.92 Å². The predicted octanol–water partition coefficient (Wildman–Crippen LogP) is 0.877. The number of carbonyl (C=O) groups excluding carboxylic acids is 1. The molecule has 5 heteroatoms. The highest BCUT2D eigenvalue weighted by molar-refractivity contribution is 5.93. The monoisotopic (exact) mass is 183 g/mol. The molecular formula is C8H9NO4. The van der Waals surface area contributed by atoms with Crippen molar-refractivity contribution in [1.82, 2.24) is 0 Å². The number of amides is 1. The molecule has 0 aliphatic carbocycles. The van der Waals surface area contributed by atoms with Gasteiger partial charge in [-0.15, -0.1) is 0 Å². The van der Waals surface area contributed by atoms with Crippen molar-refractivity contribution in [1.29, 1.82) is 0 Å². The van der Waals surface area contributed by atoms with Gasteiger partial charge in [-0.25, -0.2) is 5.26 Å². The molecular weight excluding hydrogens is 174 g/mol. The lowest BCUT2D eigenvalue weighted by Gasteiger charge is -2.03. The molecule has 0 saturated heterocycles. The zero-order valence-corrected chi connectivity index (χ0v) is 6.98. The van der Waals surface area contributed by atoms with Crippen LogP contribution in [0.4, 0.5) is 0 Å². The van der Waals surface area contributed by atoms with Crippen LogP contribution in [0.3, 0.4) is 0 Å². The average Bonchev–Trinajstić information content (AvgIpc) is 2.08. The Bertz CT molecular complexity index is 324. The van der Waals surface area contributed by atoms with Gasteiger partial charge in [0.2, 0.25) is 5.91 Å². The van der Waals surface area contributed by atoms with E-state index in [9.17, 15) is 4.79 Å². The molecule has 0 atom stereocenters. The van der Waals surface area contributed by atoms with Crippen molar-refractivity contribution in [3.63, 3.8) is 0 Å². The van der Waals surface area contributed by atoms with Gasteiger partial charge in [-0.2, -0.15) is 0 Å². The van der Waals surface area contributed by atoms with Crippen molar-refractivity contribution in [3.05, 3.63) is 29.3 Å². The summed E-state index contributed by atoms with van der Waals surface area (Å²) in [6.07, 6.45) is 0. The smallest absolute Gasteiger partial charge is 0.248 e. The predicted molar refractivity (Wildman–Crippen MR) is 44.0 cm³/mol. The summed E-state index contributed by atoms with van der Waals surface area (Å²) >= 11 is 0. The van der Waals surface area contributed by atoms with Gasteiger partial charge in [0.25, 0.3) is 0 Å². The molecule has 1 rings (SSSR count). The first-order chi connectivity index (χ1) is 6.15. The van der Waals surface area contributed by atoms with Crippen LogP contribution in [0.2, 0.25) is 0 Å². The van der Waals surface area contributed by atoms with Crippen LogP contribution in [-0.2, 0) is 5.04 Å². The summed E-state index contributed by atoms with van der Waals surface area (Å²) in [5, 5.41) is 11.5. The number of carbonyl (C=O) groups is 1. The molecule has 1 aromatic carbocycles. The molecule has 3 N–H and O–H groups in total. The largest absolute Gasteiger partial charge is 0.366 e. The van der Waals surface area contributed by atoms with Gasteiger partial charge in [0.05, 0.1) is 0 Å². The molecule has 1 amide bonds. The minimum atomic E-state index is -0.514. The number of hydrogen-bond acceptors (Lipinski definition) is 4. The van der Waals surface area contributed by atoms with E-state index in [1.54, 1.807) is 6.92 Å². The first-order valence-electron chi connectivity index (χ1n) is 3.53. The van der Waals surface area contributed by atoms with Crippen LogP contribution in [-0.4, -0.2) is 11.2 Å². The molecule has 70 valence electrons. The molecule has 0 aliphatic heterocycles.